The van der Waals surface area contributed by atoms with Gasteiger partial charge in [-0.3, -0.25) is 4.79 Å². The van der Waals surface area contributed by atoms with Crippen LogP contribution in [0.3, 0.4) is 0 Å². The average Bonchev–Trinajstić information content (AvgIpc) is 1.91. The van der Waals surface area contributed by atoms with Crippen molar-refractivity contribution in [3.8, 4) is 0 Å². The van der Waals surface area contributed by atoms with Crippen LogP contribution in [-0.4, -0.2) is 36.3 Å². The third kappa shape index (κ3) is 11.2. The maximum absolute atomic E-state index is 6.75. The van der Waals surface area contributed by atoms with Crippen molar-refractivity contribution in [3.63, 3.8) is 0 Å². The van der Waals surface area contributed by atoms with Crippen LogP contribution in [-0.2, 0) is 8.54 Å². The molecule has 0 aromatic carbocycles. The van der Waals surface area contributed by atoms with Crippen LogP contribution >= 0.6 is 11.1 Å². The van der Waals surface area contributed by atoms with Crippen molar-refractivity contribution < 1.29 is 13.3 Å². The van der Waals surface area contributed by atoms with Crippen LogP contribution in [0.5, 0.6) is 0 Å². The average molecular weight is 200 g/mol. The van der Waals surface area contributed by atoms with Crippen molar-refractivity contribution in [1.82, 2.24) is 0 Å². The minimum absolute atomic E-state index is 1.02. The molecule has 0 aromatic rings. The van der Waals surface area contributed by atoms with Crippen LogP contribution in [0, 0.1) is 0 Å². The summed E-state index contributed by atoms with van der Waals surface area (Å²) in [5.41, 5.74) is 0. The SMILES string of the molecule is C=[OH+].CO[Si](C)O[Si](C)Cl. The molecule has 1 N–H and O–H groups in total. The maximum Gasteiger partial charge on any atom is 0.370 e. The summed E-state index contributed by atoms with van der Waals surface area (Å²) < 4.78 is 10.0. The smallest absolute Gasteiger partial charge is 0.370 e. The first-order chi connectivity index (χ1) is 4.66. The van der Waals surface area contributed by atoms with Gasteiger partial charge in [-0.2, -0.15) is 0 Å². The summed E-state index contributed by atoms with van der Waals surface area (Å²) in [4.78, 5) is 6.75. The third-order valence-electron chi connectivity index (χ3n) is 0.572. The van der Waals surface area contributed by atoms with Crippen LogP contribution in [0.4, 0.5) is 0 Å². The summed E-state index contributed by atoms with van der Waals surface area (Å²) in [7, 11) is -0.434. The molecule has 0 aliphatic rings. The second-order valence-corrected chi connectivity index (χ2v) is 6.01. The van der Waals surface area contributed by atoms with Gasteiger partial charge in [0.2, 0.25) is 0 Å². The molecule has 0 saturated heterocycles. The molecule has 0 aliphatic carbocycles. The maximum atomic E-state index is 6.75. The molecular weight excluding hydrogens is 188 g/mol. The molecular formula is C4H12ClO3Si2+. The van der Waals surface area contributed by atoms with Crippen LogP contribution < -0.4 is 0 Å². The zero-order chi connectivity index (χ0) is 8.57. The Balaban J connectivity index is 0. The van der Waals surface area contributed by atoms with Crippen molar-refractivity contribution in [3.05, 3.63) is 0 Å². The molecule has 0 heterocycles. The number of halogens is 1. The van der Waals surface area contributed by atoms with Crippen molar-refractivity contribution >= 4 is 35.5 Å². The molecule has 0 amide bonds. The fourth-order valence-corrected chi connectivity index (χ4v) is 3.14. The molecule has 0 unspecified atom stereocenters. The molecule has 0 spiro atoms. The summed E-state index contributed by atoms with van der Waals surface area (Å²) in [6.45, 7) is 6.04. The van der Waals surface area contributed by atoms with Crippen molar-refractivity contribution in [2.45, 2.75) is 13.1 Å². The lowest BCUT2D eigenvalue weighted by Gasteiger charge is -2.06. The topological polar surface area (TPSA) is 39.9 Å². The van der Waals surface area contributed by atoms with E-state index in [1.807, 2.05) is 13.1 Å². The zero-order valence-corrected chi connectivity index (χ0v) is 9.10. The summed E-state index contributed by atoms with van der Waals surface area (Å²) in [5, 5.41) is 0. The fraction of sp³-hybridized carbons (Fsp3) is 0.750. The third-order valence-corrected chi connectivity index (χ3v) is 4.12. The van der Waals surface area contributed by atoms with E-state index in [1.165, 1.54) is 0 Å². The molecule has 0 atom stereocenters. The van der Waals surface area contributed by atoms with Crippen molar-refractivity contribution in [2.75, 3.05) is 7.11 Å². The molecule has 0 aromatic heterocycles. The lowest BCUT2D eigenvalue weighted by atomic mass is 11.8. The molecule has 10 heavy (non-hydrogen) atoms. The van der Waals surface area contributed by atoms with Crippen molar-refractivity contribution in [2.24, 2.45) is 0 Å². The Hall–Kier alpha value is 0.314. The quantitative estimate of drug-likeness (QED) is 0.385. The Bertz CT molecular complexity index is 73.5. The molecule has 0 saturated carbocycles. The van der Waals surface area contributed by atoms with E-state index in [4.69, 9.17) is 24.4 Å². The van der Waals surface area contributed by atoms with E-state index in [9.17, 15) is 0 Å². The molecule has 0 aliphatic heterocycles. The van der Waals surface area contributed by atoms with Gasteiger partial charge in [0.15, 0.2) is 0 Å². The number of hydrogen-bond donors (Lipinski definition) is 0. The predicted octanol–water partition coefficient (Wildman–Crippen LogP) is 0.915. The number of carbonyl (C=O) groups excluding carboxylic acids is 1. The summed E-state index contributed by atoms with van der Waals surface area (Å²) >= 11 is 5.58. The van der Waals surface area contributed by atoms with Gasteiger partial charge < -0.3 is 8.54 Å². The van der Waals surface area contributed by atoms with Gasteiger partial charge in [-0.25, -0.2) is 0 Å². The predicted molar refractivity (Wildman–Crippen MR) is 46.2 cm³/mol. The lowest BCUT2D eigenvalue weighted by Crippen LogP contribution is -2.22. The highest BCUT2D eigenvalue weighted by molar-refractivity contribution is 7.04. The second-order valence-electron chi connectivity index (χ2n) is 1.27. The van der Waals surface area contributed by atoms with E-state index in [0.717, 1.165) is 0 Å². The van der Waals surface area contributed by atoms with Gasteiger partial charge in [-0.1, -0.05) is 0 Å². The number of hydrogen-bond acceptors (Lipinski definition) is 2. The van der Waals surface area contributed by atoms with Crippen LogP contribution in [0.1, 0.15) is 0 Å². The molecule has 0 rings (SSSR count). The van der Waals surface area contributed by atoms with Crippen LogP contribution in [0.25, 0.3) is 0 Å². The Morgan fingerprint density at radius 3 is 1.90 bits per heavy atom. The van der Waals surface area contributed by atoms with E-state index < -0.39 is 17.6 Å². The first-order valence-corrected chi connectivity index (χ1v) is 7.26. The fourth-order valence-electron chi connectivity index (χ4n) is 0.240. The van der Waals surface area contributed by atoms with Crippen LogP contribution in [0.15, 0.2) is 0 Å². The van der Waals surface area contributed by atoms with Gasteiger partial charge in [0.25, 0.3) is 6.79 Å². The molecule has 2 radical (unpaired) electrons. The van der Waals surface area contributed by atoms with E-state index in [-0.39, 0.29) is 0 Å². The van der Waals surface area contributed by atoms with Crippen LogP contribution in [0.2, 0.25) is 13.1 Å². The van der Waals surface area contributed by atoms with E-state index in [2.05, 4.69) is 6.79 Å². The van der Waals surface area contributed by atoms with Gasteiger partial charge in [0.1, 0.15) is 0 Å². The summed E-state index contributed by atoms with van der Waals surface area (Å²) in [6, 6.07) is 0. The largest absolute Gasteiger partial charge is 0.423 e. The van der Waals surface area contributed by atoms with Gasteiger partial charge in [0, 0.05) is 7.11 Å². The monoisotopic (exact) mass is 199 g/mol. The molecule has 3 nitrogen and oxygen atoms in total. The van der Waals surface area contributed by atoms with E-state index >= 15 is 0 Å². The standard InChI is InChI=1S/C3H9ClO2Si2.CH2O/c1-5-8(3)6-7(2)4;1-2/h1-3H3;1H2/p+1. The first-order valence-electron chi connectivity index (χ1n) is 2.53. The highest BCUT2D eigenvalue weighted by Gasteiger charge is 2.09. The van der Waals surface area contributed by atoms with Crippen molar-refractivity contribution in [1.29, 1.82) is 0 Å². The zero-order valence-electron chi connectivity index (χ0n) is 6.35. The Kier molecular flexibility index (Phi) is 12.1. The minimum Gasteiger partial charge on any atom is -0.423 e. The highest BCUT2D eigenvalue weighted by Crippen LogP contribution is 1.94. The normalized spacial score (nSPS) is 9.40. The first kappa shape index (κ1) is 12.9. The second kappa shape index (κ2) is 9.31. The summed E-state index contributed by atoms with van der Waals surface area (Å²) in [5.74, 6) is 0. The highest BCUT2D eigenvalue weighted by atomic mass is 35.6. The summed E-state index contributed by atoms with van der Waals surface area (Å²) in [6.07, 6.45) is 0. The minimum atomic E-state index is -1.05. The molecule has 0 fully saturated rings. The Labute approximate surface area is 69.6 Å². The van der Waals surface area contributed by atoms with Gasteiger partial charge >= 0.3 is 17.6 Å². The molecule has 0 bridgehead atoms. The van der Waals surface area contributed by atoms with Gasteiger partial charge in [-0.15, -0.1) is 11.1 Å². The molecule has 6 heteroatoms. The van der Waals surface area contributed by atoms with Gasteiger partial charge in [0.05, 0.1) is 0 Å². The lowest BCUT2D eigenvalue weighted by molar-refractivity contribution is 0.347. The molecule has 60 valence electrons. The number of rotatable bonds is 3. The van der Waals surface area contributed by atoms with E-state index in [1.54, 1.807) is 7.11 Å². The Morgan fingerprint density at radius 2 is 1.80 bits per heavy atom. The Morgan fingerprint density at radius 1 is 1.40 bits per heavy atom. The van der Waals surface area contributed by atoms with E-state index in [0.29, 0.717) is 0 Å². The van der Waals surface area contributed by atoms with Gasteiger partial charge in [-0.05, 0) is 13.1 Å².